The second-order valence-corrected chi connectivity index (χ2v) is 6.26. The fourth-order valence-electron chi connectivity index (χ4n) is 2.05. The van der Waals surface area contributed by atoms with Crippen LogP contribution in [0.3, 0.4) is 0 Å². The average molecular weight is 326 g/mol. The van der Waals surface area contributed by atoms with Gasteiger partial charge in [-0.1, -0.05) is 25.6 Å². The predicted molar refractivity (Wildman–Crippen MR) is 83.2 cm³/mol. The highest BCUT2D eigenvalue weighted by Gasteiger charge is 2.20. The van der Waals surface area contributed by atoms with Gasteiger partial charge in [0.2, 0.25) is 0 Å². The first-order valence-electron chi connectivity index (χ1n) is 7.21. The molecule has 0 N–H and O–H groups in total. The molecule has 0 saturated heterocycles. The van der Waals surface area contributed by atoms with Gasteiger partial charge < -0.3 is 4.74 Å². The van der Waals surface area contributed by atoms with E-state index in [1.165, 1.54) is 23.9 Å². The van der Waals surface area contributed by atoms with Crippen molar-refractivity contribution in [1.82, 2.24) is 9.55 Å². The summed E-state index contributed by atoms with van der Waals surface area (Å²) in [4.78, 5) is 4.95. The van der Waals surface area contributed by atoms with Gasteiger partial charge in [0.25, 0.3) is 0 Å². The summed E-state index contributed by atoms with van der Waals surface area (Å²) in [7, 11) is 0. The summed E-state index contributed by atoms with van der Waals surface area (Å²) in [6, 6.07) is 3.61. The third-order valence-electron chi connectivity index (χ3n) is 3.21. The van der Waals surface area contributed by atoms with Crippen molar-refractivity contribution < 1.29 is 13.5 Å². The van der Waals surface area contributed by atoms with Gasteiger partial charge in [-0.15, -0.1) is 0 Å². The summed E-state index contributed by atoms with van der Waals surface area (Å²) < 4.78 is 34.4. The van der Waals surface area contributed by atoms with E-state index in [-0.39, 0.29) is 5.92 Å². The van der Waals surface area contributed by atoms with Crippen molar-refractivity contribution in [3.05, 3.63) is 41.4 Å². The Morgan fingerprint density at radius 2 is 2.05 bits per heavy atom. The van der Waals surface area contributed by atoms with Crippen LogP contribution in [-0.2, 0) is 11.5 Å². The molecule has 1 aromatic heterocycles. The van der Waals surface area contributed by atoms with Gasteiger partial charge in [-0.25, -0.2) is 13.8 Å². The van der Waals surface area contributed by atoms with Crippen molar-refractivity contribution in [2.45, 2.75) is 50.3 Å². The molecular formula is C16H20F2N2OS. The highest BCUT2D eigenvalue weighted by molar-refractivity contribution is 7.99. The van der Waals surface area contributed by atoms with Gasteiger partial charge >= 0.3 is 0 Å². The molecule has 0 amide bonds. The number of hydrogen-bond donors (Lipinski definition) is 0. The van der Waals surface area contributed by atoms with E-state index in [0.29, 0.717) is 18.2 Å². The average Bonchev–Trinajstić information content (AvgIpc) is 2.76. The second-order valence-electron chi connectivity index (χ2n) is 5.23. The number of imidazole rings is 1. The van der Waals surface area contributed by atoms with E-state index < -0.39 is 11.6 Å². The van der Waals surface area contributed by atoms with Crippen molar-refractivity contribution in [3.63, 3.8) is 0 Å². The lowest BCUT2D eigenvalue weighted by molar-refractivity contribution is 0.0809. The number of rotatable bonds is 6. The molecule has 0 fully saturated rings. The van der Waals surface area contributed by atoms with Crippen molar-refractivity contribution in [2.75, 3.05) is 6.61 Å². The zero-order chi connectivity index (χ0) is 16.3. The second kappa shape index (κ2) is 7.24. The molecule has 0 saturated carbocycles. The number of ether oxygens (including phenoxy) is 1. The molecule has 0 aliphatic heterocycles. The highest BCUT2D eigenvalue weighted by atomic mass is 32.2. The van der Waals surface area contributed by atoms with Gasteiger partial charge in [-0.2, -0.15) is 0 Å². The molecule has 0 aliphatic rings. The lowest BCUT2D eigenvalue weighted by Gasteiger charge is -2.12. The minimum atomic E-state index is -0.579. The molecular weight excluding hydrogens is 306 g/mol. The lowest BCUT2D eigenvalue weighted by atomic mass is 10.2. The summed E-state index contributed by atoms with van der Waals surface area (Å²) >= 11 is 1.25. The van der Waals surface area contributed by atoms with Crippen molar-refractivity contribution in [1.29, 1.82) is 0 Å². The molecule has 2 aromatic rings. The molecule has 0 bridgehead atoms. The third kappa shape index (κ3) is 3.67. The van der Waals surface area contributed by atoms with Crippen LogP contribution in [0.15, 0.2) is 28.1 Å². The van der Waals surface area contributed by atoms with E-state index in [9.17, 15) is 8.78 Å². The Morgan fingerprint density at radius 1 is 1.32 bits per heavy atom. The third-order valence-corrected chi connectivity index (χ3v) is 4.38. The SMILES string of the molecule is CCOCn1c(C)nc(C(C)C)c1Sc1ccc(F)cc1F. The van der Waals surface area contributed by atoms with Crippen LogP contribution >= 0.6 is 11.8 Å². The fraction of sp³-hybridized carbons (Fsp3) is 0.438. The Bertz CT molecular complexity index is 656. The Labute approximate surface area is 133 Å². The molecule has 0 atom stereocenters. The number of aromatic nitrogens is 2. The Morgan fingerprint density at radius 3 is 2.64 bits per heavy atom. The minimum Gasteiger partial charge on any atom is -0.361 e. The quantitative estimate of drug-likeness (QED) is 0.767. The van der Waals surface area contributed by atoms with Crippen LogP contribution in [0.1, 0.15) is 38.2 Å². The van der Waals surface area contributed by atoms with Gasteiger partial charge in [0.05, 0.1) is 5.69 Å². The summed E-state index contributed by atoms with van der Waals surface area (Å²) in [5.41, 5.74) is 0.894. The van der Waals surface area contributed by atoms with Crippen LogP contribution in [0.25, 0.3) is 0 Å². The summed E-state index contributed by atoms with van der Waals surface area (Å²) in [5, 5.41) is 0.839. The van der Waals surface area contributed by atoms with E-state index in [1.807, 2.05) is 32.3 Å². The first kappa shape index (κ1) is 17.0. The first-order valence-corrected chi connectivity index (χ1v) is 8.03. The fourth-order valence-corrected chi connectivity index (χ4v) is 3.23. The molecule has 120 valence electrons. The summed E-state index contributed by atoms with van der Waals surface area (Å²) in [6.45, 7) is 8.85. The maximum atomic E-state index is 13.9. The zero-order valence-corrected chi connectivity index (χ0v) is 14.0. The van der Waals surface area contributed by atoms with E-state index in [1.54, 1.807) is 0 Å². The monoisotopic (exact) mass is 326 g/mol. The topological polar surface area (TPSA) is 27.1 Å². The van der Waals surface area contributed by atoms with Gasteiger partial charge in [-0.3, -0.25) is 4.57 Å². The van der Waals surface area contributed by atoms with Gasteiger partial charge in [0.1, 0.15) is 29.2 Å². The van der Waals surface area contributed by atoms with Crippen LogP contribution in [0.2, 0.25) is 0 Å². The van der Waals surface area contributed by atoms with Gasteiger partial charge in [0, 0.05) is 17.6 Å². The zero-order valence-electron chi connectivity index (χ0n) is 13.2. The maximum absolute atomic E-state index is 13.9. The van der Waals surface area contributed by atoms with E-state index in [4.69, 9.17) is 4.74 Å². The number of halogens is 2. The Kier molecular flexibility index (Phi) is 5.58. The van der Waals surface area contributed by atoms with E-state index in [0.717, 1.165) is 22.6 Å². The van der Waals surface area contributed by atoms with Gasteiger partial charge in [0.15, 0.2) is 0 Å². The number of aryl methyl sites for hydroxylation is 1. The largest absolute Gasteiger partial charge is 0.361 e. The smallest absolute Gasteiger partial charge is 0.140 e. The molecule has 22 heavy (non-hydrogen) atoms. The lowest BCUT2D eigenvalue weighted by Crippen LogP contribution is -2.06. The Hall–Kier alpha value is -1.40. The van der Waals surface area contributed by atoms with Crippen LogP contribution in [-0.4, -0.2) is 16.2 Å². The number of benzene rings is 1. The molecule has 3 nitrogen and oxygen atoms in total. The van der Waals surface area contributed by atoms with Crippen molar-refractivity contribution in [3.8, 4) is 0 Å². The van der Waals surface area contributed by atoms with E-state index >= 15 is 0 Å². The number of hydrogen-bond acceptors (Lipinski definition) is 3. The molecule has 6 heteroatoms. The predicted octanol–water partition coefficient (Wildman–Crippen LogP) is 4.74. The molecule has 1 aromatic carbocycles. The highest BCUT2D eigenvalue weighted by Crippen LogP contribution is 2.36. The van der Waals surface area contributed by atoms with Gasteiger partial charge in [-0.05, 0) is 31.9 Å². The molecule has 0 aliphatic carbocycles. The van der Waals surface area contributed by atoms with E-state index in [2.05, 4.69) is 4.98 Å². The molecule has 1 heterocycles. The van der Waals surface area contributed by atoms with Crippen molar-refractivity contribution >= 4 is 11.8 Å². The number of nitrogens with zero attached hydrogens (tertiary/aromatic N) is 2. The molecule has 0 spiro atoms. The minimum absolute atomic E-state index is 0.201. The molecule has 0 unspecified atom stereocenters. The van der Waals surface area contributed by atoms with Crippen LogP contribution in [0.5, 0.6) is 0 Å². The standard InChI is InChI=1S/C16H20F2N2OS/c1-5-21-9-20-11(4)19-15(10(2)3)16(20)22-14-7-6-12(17)8-13(14)18/h6-8,10H,5,9H2,1-4H3. The van der Waals surface area contributed by atoms with Crippen molar-refractivity contribution in [2.24, 2.45) is 0 Å². The molecule has 0 radical (unpaired) electrons. The van der Waals surface area contributed by atoms with Crippen LogP contribution < -0.4 is 0 Å². The Balaban J connectivity index is 2.42. The normalized spacial score (nSPS) is 11.4. The first-order chi connectivity index (χ1) is 10.4. The molecule has 2 rings (SSSR count). The summed E-state index contributed by atoms with van der Waals surface area (Å²) in [5.74, 6) is -0.124. The maximum Gasteiger partial charge on any atom is 0.140 e. The van der Waals surface area contributed by atoms with Crippen LogP contribution in [0, 0.1) is 18.6 Å². The summed E-state index contributed by atoms with van der Waals surface area (Å²) in [6.07, 6.45) is 0. The van der Waals surface area contributed by atoms with Crippen LogP contribution in [0.4, 0.5) is 8.78 Å².